The molecule has 1 aromatic carbocycles. The summed E-state index contributed by atoms with van der Waals surface area (Å²) in [5.41, 5.74) is 2.79. The molecule has 3 aromatic rings. The van der Waals surface area contributed by atoms with Crippen LogP contribution in [0.25, 0.3) is 22.0 Å². The molecule has 0 amide bonds. The number of pyridine rings is 1. The molecule has 0 aliphatic heterocycles. The number of rotatable bonds is 1. The summed E-state index contributed by atoms with van der Waals surface area (Å²) in [5, 5.41) is 10.6. The molecule has 0 atom stereocenters. The van der Waals surface area contributed by atoms with Crippen molar-refractivity contribution >= 4 is 22.4 Å². The predicted molar refractivity (Wildman–Crippen MR) is 72.5 cm³/mol. The average molecular weight is 256 g/mol. The van der Waals surface area contributed by atoms with Gasteiger partial charge in [0.25, 0.3) is 0 Å². The first kappa shape index (κ1) is 11.1. The Kier molecular flexibility index (Phi) is 2.68. The number of aromatic nitrogens is 3. The Balaban J connectivity index is 2.33. The summed E-state index contributed by atoms with van der Waals surface area (Å²) < 4.78 is 0. The topological polar surface area (TPSA) is 38.7 Å². The summed E-state index contributed by atoms with van der Waals surface area (Å²) in [7, 11) is 0. The molecule has 2 aromatic heterocycles. The minimum Gasteiger partial charge on any atom is -0.262 e. The summed E-state index contributed by atoms with van der Waals surface area (Å²) in [4.78, 5) is 4.19. The van der Waals surface area contributed by atoms with Crippen LogP contribution in [0.2, 0.25) is 5.15 Å². The molecule has 0 saturated carbocycles. The van der Waals surface area contributed by atoms with Crippen LogP contribution >= 0.6 is 11.6 Å². The third-order valence-corrected chi connectivity index (χ3v) is 3.09. The minimum absolute atomic E-state index is 0.431. The summed E-state index contributed by atoms with van der Waals surface area (Å²) in [6, 6.07) is 11.8. The van der Waals surface area contributed by atoms with Gasteiger partial charge in [-0.15, -0.1) is 10.2 Å². The molecular formula is C14H10ClN3. The standard InChI is InChI=1S/C14H10ClN3/c1-9-8-10(6-7-16-9)13-11-4-2-3-5-12(11)14(15)18-17-13/h2-8H,1H3. The fraction of sp³-hybridized carbons (Fsp3) is 0.0714. The lowest BCUT2D eigenvalue weighted by molar-refractivity contribution is 1.05. The van der Waals surface area contributed by atoms with E-state index in [1.54, 1.807) is 6.20 Å². The zero-order valence-electron chi connectivity index (χ0n) is 9.76. The molecule has 88 valence electrons. The zero-order chi connectivity index (χ0) is 12.5. The maximum atomic E-state index is 6.06. The summed E-state index contributed by atoms with van der Waals surface area (Å²) in [6.07, 6.45) is 1.77. The molecular weight excluding hydrogens is 246 g/mol. The molecule has 2 heterocycles. The van der Waals surface area contributed by atoms with E-state index in [-0.39, 0.29) is 0 Å². The van der Waals surface area contributed by atoms with Crippen molar-refractivity contribution in [2.75, 3.05) is 0 Å². The molecule has 0 radical (unpaired) electrons. The van der Waals surface area contributed by atoms with Crippen LogP contribution in [0, 0.1) is 6.92 Å². The highest BCUT2D eigenvalue weighted by Gasteiger charge is 2.09. The monoisotopic (exact) mass is 255 g/mol. The van der Waals surface area contributed by atoms with E-state index in [4.69, 9.17) is 11.6 Å². The number of halogens is 1. The SMILES string of the molecule is Cc1cc(-c2nnc(Cl)c3ccccc23)ccn1. The van der Waals surface area contributed by atoms with Crippen LogP contribution in [0.1, 0.15) is 5.69 Å². The first-order valence-corrected chi connectivity index (χ1v) is 5.97. The zero-order valence-corrected chi connectivity index (χ0v) is 10.5. The Morgan fingerprint density at radius 2 is 1.78 bits per heavy atom. The fourth-order valence-electron chi connectivity index (χ4n) is 1.98. The van der Waals surface area contributed by atoms with Crippen LogP contribution in [0.15, 0.2) is 42.6 Å². The van der Waals surface area contributed by atoms with E-state index in [0.29, 0.717) is 5.15 Å². The Labute approximate surface area is 109 Å². The Bertz CT molecular complexity index is 725. The fourth-order valence-corrected chi connectivity index (χ4v) is 2.18. The number of hydrogen-bond donors (Lipinski definition) is 0. The van der Waals surface area contributed by atoms with Crippen LogP contribution in [0.3, 0.4) is 0 Å². The van der Waals surface area contributed by atoms with Gasteiger partial charge in [-0.3, -0.25) is 4.98 Å². The molecule has 4 heteroatoms. The van der Waals surface area contributed by atoms with E-state index in [1.165, 1.54) is 0 Å². The Morgan fingerprint density at radius 1 is 1.00 bits per heavy atom. The lowest BCUT2D eigenvalue weighted by atomic mass is 10.1. The van der Waals surface area contributed by atoms with Gasteiger partial charge in [-0.2, -0.15) is 0 Å². The van der Waals surface area contributed by atoms with E-state index in [1.807, 2.05) is 43.3 Å². The van der Waals surface area contributed by atoms with E-state index in [0.717, 1.165) is 27.7 Å². The maximum Gasteiger partial charge on any atom is 0.159 e. The first-order valence-electron chi connectivity index (χ1n) is 5.59. The van der Waals surface area contributed by atoms with Crippen LogP contribution in [-0.2, 0) is 0 Å². The predicted octanol–water partition coefficient (Wildman–Crippen LogP) is 3.65. The number of nitrogens with zero attached hydrogens (tertiary/aromatic N) is 3. The number of benzene rings is 1. The van der Waals surface area contributed by atoms with Crippen LogP contribution < -0.4 is 0 Å². The van der Waals surface area contributed by atoms with Crippen LogP contribution in [0.4, 0.5) is 0 Å². The number of aryl methyl sites for hydroxylation is 1. The van der Waals surface area contributed by atoms with Gasteiger partial charge >= 0.3 is 0 Å². The minimum atomic E-state index is 0.431. The molecule has 0 unspecified atom stereocenters. The quantitative estimate of drug-likeness (QED) is 0.666. The van der Waals surface area contributed by atoms with Gasteiger partial charge in [0.05, 0.1) is 0 Å². The highest BCUT2D eigenvalue weighted by Crippen LogP contribution is 2.29. The molecule has 3 rings (SSSR count). The third kappa shape index (κ3) is 1.83. The van der Waals surface area contributed by atoms with Crippen molar-refractivity contribution < 1.29 is 0 Å². The van der Waals surface area contributed by atoms with Gasteiger partial charge in [0.1, 0.15) is 5.69 Å². The molecule has 0 aliphatic rings. The van der Waals surface area contributed by atoms with E-state index in [2.05, 4.69) is 15.2 Å². The van der Waals surface area contributed by atoms with Gasteiger partial charge < -0.3 is 0 Å². The molecule has 0 N–H and O–H groups in total. The van der Waals surface area contributed by atoms with Crippen molar-refractivity contribution in [3.63, 3.8) is 0 Å². The molecule has 0 aliphatic carbocycles. The molecule has 0 saturated heterocycles. The first-order chi connectivity index (χ1) is 8.75. The van der Waals surface area contributed by atoms with Gasteiger partial charge in [-0.1, -0.05) is 35.9 Å². The van der Waals surface area contributed by atoms with E-state index in [9.17, 15) is 0 Å². The van der Waals surface area contributed by atoms with Crippen molar-refractivity contribution in [3.05, 3.63) is 53.4 Å². The van der Waals surface area contributed by atoms with Gasteiger partial charge in [0.2, 0.25) is 0 Å². The van der Waals surface area contributed by atoms with Crippen molar-refractivity contribution in [1.82, 2.24) is 15.2 Å². The van der Waals surface area contributed by atoms with E-state index >= 15 is 0 Å². The molecule has 3 nitrogen and oxygen atoms in total. The van der Waals surface area contributed by atoms with Crippen LogP contribution in [0.5, 0.6) is 0 Å². The van der Waals surface area contributed by atoms with E-state index < -0.39 is 0 Å². The Hall–Kier alpha value is -2.00. The molecule has 18 heavy (non-hydrogen) atoms. The summed E-state index contributed by atoms with van der Waals surface area (Å²) in [6.45, 7) is 1.95. The van der Waals surface area contributed by atoms with Gasteiger partial charge in [0, 0.05) is 28.2 Å². The average Bonchev–Trinajstić information content (AvgIpc) is 2.39. The second kappa shape index (κ2) is 4.35. The van der Waals surface area contributed by atoms with Gasteiger partial charge in [-0.05, 0) is 19.1 Å². The highest BCUT2D eigenvalue weighted by atomic mass is 35.5. The van der Waals surface area contributed by atoms with Crippen LogP contribution in [-0.4, -0.2) is 15.2 Å². The van der Waals surface area contributed by atoms with Crippen molar-refractivity contribution in [2.45, 2.75) is 6.92 Å². The second-order valence-corrected chi connectivity index (χ2v) is 4.43. The Morgan fingerprint density at radius 3 is 2.56 bits per heavy atom. The maximum absolute atomic E-state index is 6.06. The highest BCUT2D eigenvalue weighted by molar-refractivity contribution is 6.34. The van der Waals surface area contributed by atoms with Gasteiger partial charge in [0.15, 0.2) is 5.15 Å². The summed E-state index contributed by atoms with van der Waals surface area (Å²) in [5.74, 6) is 0. The summed E-state index contributed by atoms with van der Waals surface area (Å²) >= 11 is 6.06. The van der Waals surface area contributed by atoms with Gasteiger partial charge in [-0.25, -0.2) is 0 Å². The van der Waals surface area contributed by atoms with Crippen molar-refractivity contribution in [2.24, 2.45) is 0 Å². The molecule has 0 spiro atoms. The number of fused-ring (bicyclic) bond motifs is 1. The second-order valence-electron chi connectivity index (χ2n) is 4.07. The lowest BCUT2D eigenvalue weighted by Gasteiger charge is -2.06. The normalized spacial score (nSPS) is 10.8. The molecule has 0 bridgehead atoms. The van der Waals surface area contributed by atoms with Crippen molar-refractivity contribution in [3.8, 4) is 11.3 Å². The number of hydrogen-bond acceptors (Lipinski definition) is 3. The van der Waals surface area contributed by atoms with Crippen molar-refractivity contribution in [1.29, 1.82) is 0 Å². The third-order valence-electron chi connectivity index (χ3n) is 2.81. The lowest BCUT2D eigenvalue weighted by Crippen LogP contribution is -1.92. The smallest absolute Gasteiger partial charge is 0.159 e. The molecule has 0 fully saturated rings. The largest absolute Gasteiger partial charge is 0.262 e.